The Balaban J connectivity index is 1.47. The summed E-state index contributed by atoms with van der Waals surface area (Å²) in [6.07, 6.45) is 9.23. The van der Waals surface area contributed by atoms with Crippen LogP contribution in [-0.2, 0) is 24.0 Å². The number of allylic oxidation sites excluding steroid dienone is 2. The zero-order chi connectivity index (χ0) is 20.1. The lowest BCUT2D eigenvalue weighted by Crippen LogP contribution is -2.06. The fraction of sp³-hybridized carbons (Fsp3) is 0.385. The molecule has 2 aliphatic rings. The summed E-state index contributed by atoms with van der Waals surface area (Å²) >= 11 is 0. The van der Waals surface area contributed by atoms with Crippen molar-refractivity contribution in [2.75, 3.05) is 19.8 Å². The highest BCUT2D eigenvalue weighted by Crippen LogP contribution is 2.31. The molecule has 2 fully saturated rings. The Morgan fingerprint density at radius 2 is 1.41 bits per heavy atom. The maximum Gasteiger partial charge on any atom is 0.122 e. The van der Waals surface area contributed by atoms with E-state index >= 15 is 0 Å². The van der Waals surface area contributed by atoms with Gasteiger partial charge < -0.3 is 14.2 Å². The van der Waals surface area contributed by atoms with E-state index in [2.05, 4.69) is 49.6 Å². The number of rotatable bonds is 12. The van der Waals surface area contributed by atoms with Crippen molar-refractivity contribution in [2.24, 2.45) is 5.92 Å². The van der Waals surface area contributed by atoms with Gasteiger partial charge in [-0.05, 0) is 72.4 Å². The highest BCUT2D eigenvalue weighted by molar-refractivity contribution is 5.43. The van der Waals surface area contributed by atoms with E-state index in [4.69, 9.17) is 14.2 Å². The molecule has 0 bridgehead atoms. The molecule has 1 aliphatic heterocycles. The van der Waals surface area contributed by atoms with Crippen molar-refractivity contribution in [2.45, 2.75) is 38.2 Å². The Morgan fingerprint density at radius 1 is 0.862 bits per heavy atom. The molecule has 1 unspecified atom stereocenters. The van der Waals surface area contributed by atoms with Crippen LogP contribution < -0.4 is 9.47 Å². The second-order valence-corrected chi connectivity index (χ2v) is 8.07. The molecule has 0 aromatic heterocycles. The molecule has 2 aromatic rings. The lowest BCUT2D eigenvalue weighted by atomic mass is 9.98. The summed E-state index contributed by atoms with van der Waals surface area (Å²) in [5.41, 5.74) is 4.95. The predicted octanol–water partition coefficient (Wildman–Crippen LogP) is 5.30. The van der Waals surface area contributed by atoms with Gasteiger partial charge >= 0.3 is 0 Å². The number of ether oxygens (including phenoxy) is 3. The fourth-order valence-corrected chi connectivity index (χ4v) is 3.47. The smallest absolute Gasteiger partial charge is 0.122 e. The van der Waals surface area contributed by atoms with E-state index in [0.29, 0.717) is 6.61 Å². The molecule has 2 aromatic carbocycles. The molecule has 29 heavy (non-hydrogen) atoms. The van der Waals surface area contributed by atoms with E-state index in [1.807, 2.05) is 12.2 Å². The van der Waals surface area contributed by atoms with Gasteiger partial charge in [0.1, 0.15) is 24.2 Å². The fourth-order valence-electron chi connectivity index (χ4n) is 3.47. The third-order valence-corrected chi connectivity index (χ3v) is 5.39. The molecule has 1 saturated carbocycles. The molecule has 0 radical (unpaired) electrons. The molecule has 0 spiro atoms. The molecule has 0 amide bonds. The van der Waals surface area contributed by atoms with Crippen LogP contribution in [0.4, 0.5) is 0 Å². The number of benzene rings is 2. The standard InChI is InChI=1S/C26H30O3/c1-3-5-22-14-20(9-11-25(22)28-16-19-7-8-19)13-21-10-12-26(23(15-21)6-4-2)29-18-24-17-27-24/h3-4,9-12,14-15,19,24H,1-2,5-8,13,16-18H2. The minimum atomic E-state index is 0.259. The molecule has 4 rings (SSSR count). The second-order valence-electron chi connectivity index (χ2n) is 8.07. The molecule has 152 valence electrons. The second kappa shape index (κ2) is 9.32. The number of hydrogen-bond donors (Lipinski definition) is 0. The zero-order valence-electron chi connectivity index (χ0n) is 17.1. The summed E-state index contributed by atoms with van der Waals surface area (Å²) in [5.74, 6) is 2.68. The van der Waals surface area contributed by atoms with Gasteiger partial charge in [-0.1, -0.05) is 36.4 Å². The van der Waals surface area contributed by atoms with Gasteiger partial charge in [0.25, 0.3) is 0 Å². The SMILES string of the molecule is C=CCc1cc(Cc2ccc(OCC3CO3)c(CC=C)c2)ccc1OCC1CC1. The summed E-state index contributed by atoms with van der Waals surface area (Å²) in [6, 6.07) is 13.0. The summed E-state index contributed by atoms with van der Waals surface area (Å²) in [4.78, 5) is 0. The van der Waals surface area contributed by atoms with Crippen LogP contribution in [0.3, 0.4) is 0 Å². The van der Waals surface area contributed by atoms with E-state index in [-0.39, 0.29) is 6.10 Å². The lowest BCUT2D eigenvalue weighted by molar-refractivity contribution is 0.261. The van der Waals surface area contributed by atoms with Crippen LogP contribution in [0.1, 0.15) is 35.1 Å². The van der Waals surface area contributed by atoms with Crippen molar-refractivity contribution in [1.29, 1.82) is 0 Å². The van der Waals surface area contributed by atoms with Crippen LogP contribution >= 0.6 is 0 Å². The van der Waals surface area contributed by atoms with E-state index in [1.165, 1.54) is 35.1 Å². The Hall–Kier alpha value is -2.52. The maximum absolute atomic E-state index is 6.05. The van der Waals surface area contributed by atoms with Crippen LogP contribution in [0.15, 0.2) is 61.7 Å². The molecule has 3 heteroatoms. The molecule has 1 saturated heterocycles. The number of hydrogen-bond acceptors (Lipinski definition) is 3. The summed E-state index contributed by atoms with van der Waals surface area (Å²) < 4.78 is 17.2. The van der Waals surface area contributed by atoms with Gasteiger partial charge in [-0.3, -0.25) is 0 Å². The Labute approximate surface area is 174 Å². The maximum atomic E-state index is 6.05. The molecular formula is C26H30O3. The average Bonchev–Trinajstić information content (AvgIpc) is 3.62. The van der Waals surface area contributed by atoms with Gasteiger partial charge in [0.2, 0.25) is 0 Å². The average molecular weight is 391 g/mol. The van der Waals surface area contributed by atoms with Gasteiger partial charge in [0.15, 0.2) is 0 Å². The summed E-state index contributed by atoms with van der Waals surface area (Å²) in [5, 5.41) is 0. The molecular weight excluding hydrogens is 360 g/mol. The van der Waals surface area contributed by atoms with Crippen molar-refractivity contribution in [3.05, 3.63) is 84.0 Å². The van der Waals surface area contributed by atoms with Crippen molar-refractivity contribution in [3.63, 3.8) is 0 Å². The van der Waals surface area contributed by atoms with Crippen molar-refractivity contribution >= 4 is 0 Å². The van der Waals surface area contributed by atoms with Gasteiger partial charge in [-0.2, -0.15) is 0 Å². The molecule has 1 atom stereocenters. The highest BCUT2D eigenvalue weighted by Gasteiger charge is 2.24. The Morgan fingerprint density at radius 3 is 1.90 bits per heavy atom. The van der Waals surface area contributed by atoms with Crippen molar-refractivity contribution in [1.82, 2.24) is 0 Å². The van der Waals surface area contributed by atoms with Crippen LogP contribution in [0.2, 0.25) is 0 Å². The molecule has 1 heterocycles. The quantitative estimate of drug-likeness (QED) is 0.364. The number of epoxide rings is 1. The minimum absolute atomic E-state index is 0.259. The third kappa shape index (κ3) is 5.74. The van der Waals surface area contributed by atoms with Crippen LogP contribution in [0.25, 0.3) is 0 Å². The summed E-state index contributed by atoms with van der Waals surface area (Å²) in [7, 11) is 0. The molecule has 0 N–H and O–H groups in total. The summed E-state index contributed by atoms with van der Waals surface area (Å²) in [6.45, 7) is 10.1. The van der Waals surface area contributed by atoms with Crippen LogP contribution in [-0.4, -0.2) is 25.9 Å². The third-order valence-electron chi connectivity index (χ3n) is 5.39. The first kappa shape index (κ1) is 19.8. The van der Waals surface area contributed by atoms with E-state index in [1.54, 1.807) is 0 Å². The zero-order valence-corrected chi connectivity index (χ0v) is 17.1. The van der Waals surface area contributed by atoms with Crippen LogP contribution in [0.5, 0.6) is 11.5 Å². The van der Waals surface area contributed by atoms with E-state index in [9.17, 15) is 0 Å². The van der Waals surface area contributed by atoms with Gasteiger partial charge in [-0.15, -0.1) is 13.2 Å². The largest absolute Gasteiger partial charge is 0.493 e. The monoisotopic (exact) mass is 390 g/mol. The first-order valence-electron chi connectivity index (χ1n) is 10.6. The van der Waals surface area contributed by atoms with E-state index in [0.717, 1.165) is 49.9 Å². The van der Waals surface area contributed by atoms with Gasteiger partial charge in [0, 0.05) is 0 Å². The first-order valence-corrected chi connectivity index (χ1v) is 10.6. The first-order chi connectivity index (χ1) is 14.2. The molecule has 3 nitrogen and oxygen atoms in total. The van der Waals surface area contributed by atoms with Gasteiger partial charge in [0.05, 0.1) is 13.2 Å². The van der Waals surface area contributed by atoms with Gasteiger partial charge in [-0.25, -0.2) is 0 Å². The normalized spacial score (nSPS) is 17.6. The van der Waals surface area contributed by atoms with Crippen LogP contribution in [0, 0.1) is 5.92 Å². The molecule has 1 aliphatic carbocycles. The topological polar surface area (TPSA) is 31.0 Å². The van der Waals surface area contributed by atoms with E-state index < -0.39 is 0 Å². The Bertz CT molecular complexity index is 791. The lowest BCUT2D eigenvalue weighted by Gasteiger charge is -2.14. The van der Waals surface area contributed by atoms with Crippen molar-refractivity contribution in [3.8, 4) is 11.5 Å². The van der Waals surface area contributed by atoms with Crippen molar-refractivity contribution < 1.29 is 14.2 Å². The highest BCUT2D eigenvalue weighted by atomic mass is 16.6. The predicted molar refractivity (Wildman–Crippen MR) is 117 cm³/mol. The Kier molecular flexibility index (Phi) is 6.36. The minimum Gasteiger partial charge on any atom is -0.493 e.